The van der Waals surface area contributed by atoms with Crippen LogP contribution in [0.4, 0.5) is 18.0 Å². The van der Waals surface area contributed by atoms with E-state index >= 15 is 0 Å². The number of nitrogens with one attached hydrogen (secondary N) is 2. The summed E-state index contributed by atoms with van der Waals surface area (Å²) in [5, 5.41) is 13.4. The lowest BCUT2D eigenvalue weighted by Crippen LogP contribution is -2.36. The van der Waals surface area contributed by atoms with Gasteiger partial charge in [0.05, 0.1) is 0 Å². The van der Waals surface area contributed by atoms with Gasteiger partial charge in [0.1, 0.15) is 0 Å². The van der Waals surface area contributed by atoms with Crippen molar-refractivity contribution >= 4 is 12.0 Å². The van der Waals surface area contributed by atoms with Crippen molar-refractivity contribution in [1.29, 1.82) is 0 Å². The fraction of sp³-hybridized carbons (Fsp3) is 0.833. The lowest BCUT2D eigenvalue weighted by Gasteiger charge is -2.08. The van der Waals surface area contributed by atoms with Crippen LogP contribution in [-0.2, 0) is 4.79 Å². The second-order valence-corrected chi connectivity index (χ2v) is 4.46. The summed E-state index contributed by atoms with van der Waals surface area (Å²) in [5.74, 6) is -0.838. The molecule has 0 spiro atoms. The molecule has 0 rings (SSSR count). The highest BCUT2D eigenvalue weighted by Crippen LogP contribution is 2.21. The highest BCUT2D eigenvalue weighted by molar-refractivity contribution is 5.73. The molecule has 0 bridgehead atoms. The predicted octanol–water partition coefficient (Wildman–Crippen LogP) is 2.66. The Morgan fingerprint density at radius 3 is 1.95 bits per heavy atom. The smallest absolute Gasteiger partial charge is 0.389 e. The van der Waals surface area contributed by atoms with Crippen LogP contribution in [0, 0.1) is 0 Å². The Hall–Kier alpha value is -1.47. The maximum atomic E-state index is 11.8. The maximum Gasteiger partial charge on any atom is 0.389 e. The molecule has 3 N–H and O–H groups in total. The number of carboxylic acid groups (broad SMARTS) is 1. The van der Waals surface area contributed by atoms with Gasteiger partial charge >= 0.3 is 18.2 Å². The number of carboxylic acids is 1. The highest BCUT2D eigenvalue weighted by Gasteiger charge is 2.25. The van der Waals surface area contributed by atoms with Gasteiger partial charge in [-0.3, -0.25) is 4.79 Å². The summed E-state index contributed by atoms with van der Waals surface area (Å²) in [7, 11) is 0. The minimum atomic E-state index is -4.14. The number of halogens is 3. The largest absolute Gasteiger partial charge is 0.481 e. The molecule has 0 fully saturated rings. The lowest BCUT2D eigenvalue weighted by atomic mass is 10.2. The van der Waals surface area contributed by atoms with E-state index in [0.29, 0.717) is 25.8 Å². The quantitative estimate of drug-likeness (QED) is 0.543. The van der Waals surface area contributed by atoms with Crippen molar-refractivity contribution in [3.05, 3.63) is 0 Å². The molecule has 0 radical (unpaired) electrons. The van der Waals surface area contributed by atoms with Crippen LogP contribution in [0.1, 0.15) is 44.9 Å². The van der Waals surface area contributed by atoms with E-state index in [4.69, 9.17) is 5.11 Å². The molecular weight excluding hydrogens is 277 g/mol. The lowest BCUT2D eigenvalue weighted by molar-refractivity contribution is -0.137. The van der Waals surface area contributed by atoms with Gasteiger partial charge in [0.15, 0.2) is 0 Å². The first-order valence-electron chi connectivity index (χ1n) is 6.61. The Balaban J connectivity index is 3.31. The van der Waals surface area contributed by atoms with E-state index in [-0.39, 0.29) is 25.8 Å². The number of rotatable bonds is 10. The van der Waals surface area contributed by atoms with Crippen LogP contribution in [0.2, 0.25) is 0 Å². The normalized spacial score (nSPS) is 11.2. The number of aliphatic carboxylic acids is 1. The summed E-state index contributed by atoms with van der Waals surface area (Å²) in [6, 6.07) is -0.407. The summed E-state index contributed by atoms with van der Waals surface area (Å²) in [6.07, 6.45) is -2.63. The minimum absolute atomic E-state index is 0.00102. The fourth-order valence-electron chi connectivity index (χ4n) is 1.49. The molecule has 5 nitrogen and oxygen atoms in total. The van der Waals surface area contributed by atoms with E-state index in [9.17, 15) is 22.8 Å². The first-order valence-corrected chi connectivity index (χ1v) is 6.61. The molecule has 0 aromatic heterocycles. The van der Waals surface area contributed by atoms with Gasteiger partial charge in [-0.2, -0.15) is 13.2 Å². The van der Waals surface area contributed by atoms with Gasteiger partial charge < -0.3 is 15.7 Å². The van der Waals surface area contributed by atoms with Gasteiger partial charge in [-0.1, -0.05) is 6.42 Å². The average molecular weight is 298 g/mol. The van der Waals surface area contributed by atoms with E-state index in [1.165, 1.54) is 0 Å². The fourth-order valence-corrected chi connectivity index (χ4v) is 1.49. The Morgan fingerprint density at radius 1 is 0.900 bits per heavy atom. The third-order valence-electron chi connectivity index (χ3n) is 2.53. The molecule has 8 heteroatoms. The standard InChI is InChI=1S/C12H21F3N2O3/c13-12(14,15)7-3-5-9-17-11(20)16-8-4-1-2-6-10(18)19/h1-9H2,(H,18,19)(H2,16,17,20). The van der Waals surface area contributed by atoms with Gasteiger partial charge in [-0.15, -0.1) is 0 Å². The molecule has 0 aromatic carbocycles. The summed E-state index contributed by atoms with van der Waals surface area (Å²) >= 11 is 0. The Bertz CT molecular complexity index is 296. The second-order valence-electron chi connectivity index (χ2n) is 4.46. The van der Waals surface area contributed by atoms with E-state index in [0.717, 1.165) is 0 Å². The summed E-state index contributed by atoms with van der Waals surface area (Å²) in [5.41, 5.74) is 0. The van der Waals surface area contributed by atoms with Crippen LogP contribution in [0.3, 0.4) is 0 Å². The molecule has 0 aliphatic heterocycles. The number of alkyl halides is 3. The Labute approximate surface area is 115 Å². The van der Waals surface area contributed by atoms with Gasteiger partial charge in [-0.05, 0) is 25.7 Å². The van der Waals surface area contributed by atoms with Gasteiger partial charge in [0, 0.05) is 25.9 Å². The number of amides is 2. The van der Waals surface area contributed by atoms with E-state index in [1.807, 2.05) is 0 Å². The molecule has 0 saturated heterocycles. The van der Waals surface area contributed by atoms with Crippen LogP contribution in [0.5, 0.6) is 0 Å². The number of unbranched alkanes of at least 4 members (excludes halogenated alkanes) is 3. The van der Waals surface area contributed by atoms with Crippen LogP contribution >= 0.6 is 0 Å². The molecule has 118 valence electrons. The van der Waals surface area contributed by atoms with Gasteiger partial charge in [-0.25, -0.2) is 4.79 Å². The maximum absolute atomic E-state index is 11.8. The predicted molar refractivity (Wildman–Crippen MR) is 67.4 cm³/mol. The molecule has 0 heterocycles. The summed E-state index contributed by atoms with van der Waals surface area (Å²) in [6.45, 7) is 0.634. The Kier molecular flexibility index (Phi) is 9.57. The summed E-state index contributed by atoms with van der Waals surface area (Å²) < 4.78 is 35.5. The van der Waals surface area contributed by atoms with Gasteiger partial charge in [0.2, 0.25) is 0 Å². The number of carbonyl (C=O) groups is 2. The zero-order valence-electron chi connectivity index (χ0n) is 11.3. The number of urea groups is 1. The number of hydrogen-bond donors (Lipinski definition) is 3. The molecule has 0 saturated carbocycles. The highest BCUT2D eigenvalue weighted by atomic mass is 19.4. The first kappa shape index (κ1) is 18.5. The van der Waals surface area contributed by atoms with Crippen molar-refractivity contribution in [1.82, 2.24) is 10.6 Å². The molecule has 0 atom stereocenters. The van der Waals surface area contributed by atoms with Crippen molar-refractivity contribution < 1.29 is 27.9 Å². The molecule has 0 aliphatic carbocycles. The number of hydrogen-bond acceptors (Lipinski definition) is 2. The Morgan fingerprint density at radius 2 is 1.45 bits per heavy atom. The van der Waals surface area contributed by atoms with Crippen LogP contribution < -0.4 is 10.6 Å². The monoisotopic (exact) mass is 298 g/mol. The van der Waals surface area contributed by atoms with Crippen molar-refractivity contribution in [3.63, 3.8) is 0 Å². The molecule has 20 heavy (non-hydrogen) atoms. The number of carbonyl (C=O) groups excluding carboxylic acids is 1. The minimum Gasteiger partial charge on any atom is -0.481 e. The zero-order valence-corrected chi connectivity index (χ0v) is 11.3. The van der Waals surface area contributed by atoms with E-state index < -0.39 is 24.6 Å². The van der Waals surface area contributed by atoms with Crippen molar-refractivity contribution in [2.75, 3.05) is 13.1 Å². The van der Waals surface area contributed by atoms with E-state index in [2.05, 4.69) is 10.6 Å². The van der Waals surface area contributed by atoms with E-state index in [1.54, 1.807) is 0 Å². The average Bonchev–Trinajstić information content (AvgIpc) is 2.31. The van der Waals surface area contributed by atoms with Gasteiger partial charge in [0.25, 0.3) is 0 Å². The molecule has 0 aromatic rings. The summed E-state index contributed by atoms with van der Waals surface area (Å²) in [4.78, 5) is 21.4. The zero-order chi connectivity index (χ0) is 15.4. The second kappa shape index (κ2) is 10.3. The third kappa shape index (κ3) is 14.6. The topological polar surface area (TPSA) is 78.4 Å². The first-order chi connectivity index (χ1) is 9.31. The molecule has 0 aliphatic rings. The van der Waals surface area contributed by atoms with Crippen molar-refractivity contribution in [3.8, 4) is 0 Å². The molecule has 2 amide bonds. The van der Waals surface area contributed by atoms with Crippen LogP contribution in [0.15, 0.2) is 0 Å². The third-order valence-corrected chi connectivity index (χ3v) is 2.53. The van der Waals surface area contributed by atoms with Crippen LogP contribution in [-0.4, -0.2) is 36.4 Å². The molecular formula is C12H21F3N2O3. The van der Waals surface area contributed by atoms with Crippen molar-refractivity contribution in [2.45, 2.75) is 51.1 Å². The molecule has 0 unspecified atom stereocenters. The SMILES string of the molecule is O=C(O)CCCCCNC(=O)NCCCCC(F)(F)F. The van der Waals surface area contributed by atoms with Crippen molar-refractivity contribution in [2.24, 2.45) is 0 Å². The van der Waals surface area contributed by atoms with Crippen LogP contribution in [0.25, 0.3) is 0 Å².